The molecule has 13 rings (SSSR count). The van der Waals surface area contributed by atoms with Crippen molar-refractivity contribution in [2.45, 2.75) is 25.7 Å². The van der Waals surface area contributed by atoms with Crippen LogP contribution in [0, 0.1) is 0 Å². The number of anilines is 6. The normalized spacial score (nSPS) is 13.2. The molecule has 2 heterocycles. The molecule has 0 spiro atoms. The number of fused-ring (bicyclic) bond motifs is 7. The minimum absolute atomic E-state index is 1.00. The topological polar surface area (TPSA) is 6.48 Å². The van der Waals surface area contributed by atoms with Gasteiger partial charge in [0.2, 0.25) is 0 Å². The highest BCUT2D eigenvalue weighted by molar-refractivity contribution is 6.23. The van der Waals surface area contributed by atoms with Gasteiger partial charge < -0.3 is 9.80 Å². The number of benzene rings is 11. The van der Waals surface area contributed by atoms with Crippen molar-refractivity contribution in [1.29, 1.82) is 0 Å². The fraction of sp³-hybridized carbons (Fsp3) is 0.0625. The molecule has 0 saturated carbocycles. The number of hydrogen-bond donors (Lipinski definition) is 0. The van der Waals surface area contributed by atoms with E-state index in [2.05, 4.69) is 240 Å². The molecule has 0 N–H and O–H groups in total. The van der Waals surface area contributed by atoms with E-state index in [1.54, 1.807) is 0 Å². The maximum absolute atomic E-state index is 2.51. The van der Waals surface area contributed by atoms with Crippen molar-refractivity contribution in [2.75, 3.05) is 9.80 Å². The summed E-state index contributed by atoms with van der Waals surface area (Å²) in [7, 11) is 0. The Kier molecular flexibility index (Phi) is 9.16. The molecule has 312 valence electrons. The van der Waals surface area contributed by atoms with Crippen LogP contribution in [0.5, 0.6) is 0 Å². The lowest BCUT2D eigenvalue weighted by molar-refractivity contribution is 0.977. The Morgan fingerprint density at radius 3 is 1.15 bits per heavy atom. The Balaban J connectivity index is 1.11. The van der Waals surface area contributed by atoms with Gasteiger partial charge in [0.25, 0.3) is 0 Å². The van der Waals surface area contributed by atoms with E-state index in [1.807, 2.05) is 0 Å². The van der Waals surface area contributed by atoms with Crippen molar-refractivity contribution in [3.63, 3.8) is 0 Å². The SMILES string of the molecule is c1ccc(-c2c3ccc(N4c5ccccc5CCc5ccccc54)cc3c(-c3ccc(-c4cccc5ccccc45)cc3)c3ccc(N4c5ccccc5CCc5ccccc54)cc23)cc1. The number of nitrogens with zero attached hydrogens (tertiary/aromatic N) is 2. The zero-order valence-electron chi connectivity index (χ0n) is 36.7. The Labute approximate surface area is 386 Å². The van der Waals surface area contributed by atoms with E-state index in [4.69, 9.17) is 0 Å². The van der Waals surface area contributed by atoms with E-state index in [-0.39, 0.29) is 0 Å². The summed E-state index contributed by atoms with van der Waals surface area (Å²) < 4.78 is 0. The lowest BCUT2D eigenvalue weighted by Crippen LogP contribution is -2.12. The van der Waals surface area contributed by atoms with E-state index in [0.717, 1.165) is 37.1 Å². The molecular formula is C64H46N2. The largest absolute Gasteiger partial charge is 0.310 e. The summed E-state index contributed by atoms with van der Waals surface area (Å²) in [4.78, 5) is 5.01. The minimum atomic E-state index is 1.00. The van der Waals surface area contributed by atoms with Crippen molar-refractivity contribution < 1.29 is 0 Å². The Morgan fingerprint density at radius 2 is 0.652 bits per heavy atom. The highest BCUT2D eigenvalue weighted by atomic mass is 15.2. The monoisotopic (exact) mass is 842 g/mol. The smallest absolute Gasteiger partial charge is 0.0493 e. The third kappa shape index (κ3) is 6.32. The van der Waals surface area contributed by atoms with E-state index in [0.29, 0.717) is 0 Å². The summed E-state index contributed by atoms with van der Waals surface area (Å²) in [6.07, 6.45) is 4.01. The van der Waals surface area contributed by atoms with E-state index in [9.17, 15) is 0 Å². The average Bonchev–Trinajstić information content (AvgIpc) is 3.66. The van der Waals surface area contributed by atoms with Crippen LogP contribution in [0.4, 0.5) is 34.1 Å². The Bertz CT molecular complexity index is 3560. The highest BCUT2D eigenvalue weighted by Gasteiger charge is 2.26. The second-order valence-electron chi connectivity index (χ2n) is 17.9. The molecule has 2 aliphatic rings. The molecule has 0 unspecified atom stereocenters. The summed E-state index contributed by atoms with van der Waals surface area (Å²) >= 11 is 0. The van der Waals surface area contributed by atoms with Crippen LogP contribution in [0.25, 0.3) is 65.7 Å². The van der Waals surface area contributed by atoms with Gasteiger partial charge in [-0.05, 0) is 162 Å². The molecule has 0 radical (unpaired) electrons. The maximum Gasteiger partial charge on any atom is 0.0493 e. The lowest BCUT2D eigenvalue weighted by atomic mass is 9.85. The molecule has 2 aliphatic heterocycles. The van der Waals surface area contributed by atoms with Crippen LogP contribution in [0.1, 0.15) is 22.3 Å². The molecule has 0 atom stereocenters. The fourth-order valence-electron chi connectivity index (χ4n) is 11.1. The molecule has 0 aromatic heterocycles. The maximum atomic E-state index is 2.51. The first kappa shape index (κ1) is 38.3. The third-order valence-electron chi connectivity index (χ3n) is 14.2. The molecule has 2 heteroatoms. The van der Waals surface area contributed by atoms with Crippen molar-refractivity contribution in [3.8, 4) is 33.4 Å². The molecular weight excluding hydrogens is 797 g/mol. The molecule has 0 bridgehead atoms. The predicted octanol–water partition coefficient (Wildman–Crippen LogP) is 17.3. The van der Waals surface area contributed by atoms with Gasteiger partial charge in [0.15, 0.2) is 0 Å². The minimum Gasteiger partial charge on any atom is -0.310 e. The Hall–Kier alpha value is -8.20. The molecule has 0 amide bonds. The molecule has 0 saturated heterocycles. The average molecular weight is 843 g/mol. The van der Waals surface area contributed by atoms with Crippen LogP contribution in [-0.2, 0) is 25.7 Å². The summed E-state index contributed by atoms with van der Waals surface area (Å²) in [6, 6.07) is 86.1. The second-order valence-corrected chi connectivity index (χ2v) is 17.9. The third-order valence-corrected chi connectivity index (χ3v) is 14.2. The first-order valence-corrected chi connectivity index (χ1v) is 23.3. The predicted molar refractivity (Wildman–Crippen MR) is 279 cm³/mol. The van der Waals surface area contributed by atoms with Crippen molar-refractivity contribution in [3.05, 3.63) is 253 Å². The van der Waals surface area contributed by atoms with Gasteiger partial charge in [-0.15, -0.1) is 0 Å². The van der Waals surface area contributed by atoms with Crippen molar-refractivity contribution in [1.82, 2.24) is 0 Å². The van der Waals surface area contributed by atoms with Gasteiger partial charge in [-0.2, -0.15) is 0 Å². The van der Waals surface area contributed by atoms with Gasteiger partial charge in [0.05, 0.1) is 0 Å². The lowest BCUT2D eigenvalue weighted by Gasteiger charge is -2.29. The van der Waals surface area contributed by atoms with Gasteiger partial charge in [-0.3, -0.25) is 0 Å². The van der Waals surface area contributed by atoms with Gasteiger partial charge in [0, 0.05) is 34.1 Å². The van der Waals surface area contributed by atoms with Gasteiger partial charge in [-0.25, -0.2) is 0 Å². The number of para-hydroxylation sites is 4. The van der Waals surface area contributed by atoms with E-state index < -0.39 is 0 Å². The van der Waals surface area contributed by atoms with Gasteiger partial charge >= 0.3 is 0 Å². The first-order valence-electron chi connectivity index (χ1n) is 23.3. The fourth-order valence-corrected chi connectivity index (χ4v) is 11.1. The van der Waals surface area contributed by atoms with Crippen LogP contribution < -0.4 is 9.80 Å². The zero-order chi connectivity index (χ0) is 43.6. The summed E-state index contributed by atoms with van der Waals surface area (Å²) in [5, 5.41) is 7.44. The quantitative estimate of drug-likeness (QED) is 0.159. The standard InChI is InChI=1S/C64H46N2/c1-2-20-49(21-3-1)63-55-39-37-52(66-61-27-12-7-18-47(61)33-34-48-19-8-13-28-62(48)66)42-58(55)64(50-35-29-44(30-36-50)54-24-14-22-43-15-4-9-23-53(43)54)56-40-38-51(41-57(56)63)65-59-25-10-5-16-45(59)31-32-46-17-6-11-26-60(46)65/h1-30,35-42H,31-34H2. The summed E-state index contributed by atoms with van der Waals surface area (Å²) in [5.41, 5.74) is 20.1. The first-order chi connectivity index (χ1) is 32.7. The van der Waals surface area contributed by atoms with Crippen LogP contribution >= 0.6 is 0 Å². The molecule has 11 aromatic rings. The van der Waals surface area contributed by atoms with Crippen molar-refractivity contribution >= 4 is 66.4 Å². The van der Waals surface area contributed by atoms with Gasteiger partial charge in [0.1, 0.15) is 0 Å². The van der Waals surface area contributed by atoms with E-state index in [1.165, 1.54) is 111 Å². The zero-order valence-corrected chi connectivity index (χ0v) is 36.7. The van der Waals surface area contributed by atoms with Crippen LogP contribution in [-0.4, -0.2) is 0 Å². The van der Waals surface area contributed by atoms with Gasteiger partial charge in [-0.1, -0.05) is 182 Å². The summed E-state index contributed by atoms with van der Waals surface area (Å²) in [5.74, 6) is 0. The molecule has 11 aromatic carbocycles. The van der Waals surface area contributed by atoms with Crippen LogP contribution in [0.3, 0.4) is 0 Å². The van der Waals surface area contributed by atoms with E-state index >= 15 is 0 Å². The number of hydrogen-bond acceptors (Lipinski definition) is 2. The molecule has 2 nitrogen and oxygen atoms in total. The van der Waals surface area contributed by atoms with Crippen molar-refractivity contribution in [2.24, 2.45) is 0 Å². The Morgan fingerprint density at radius 1 is 0.258 bits per heavy atom. The summed E-state index contributed by atoms with van der Waals surface area (Å²) in [6.45, 7) is 0. The van der Waals surface area contributed by atoms with Crippen LogP contribution in [0.2, 0.25) is 0 Å². The highest BCUT2D eigenvalue weighted by Crippen LogP contribution is 2.50. The molecule has 0 fully saturated rings. The number of rotatable bonds is 5. The molecule has 66 heavy (non-hydrogen) atoms. The molecule has 0 aliphatic carbocycles. The van der Waals surface area contributed by atoms with Crippen LogP contribution in [0.15, 0.2) is 231 Å². The second kappa shape index (κ2) is 15.8. The number of aryl methyl sites for hydroxylation is 4.